The number of carboxylic acids is 1. The minimum atomic E-state index is -0.865. The molecule has 0 bridgehead atoms. The summed E-state index contributed by atoms with van der Waals surface area (Å²) in [6.07, 6.45) is 2.42. The van der Waals surface area contributed by atoms with Crippen molar-refractivity contribution in [3.8, 4) is 0 Å². The van der Waals surface area contributed by atoms with Gasteiger partial charge in [-0.15, -0.1) is 0 Å². The molecule has 4 nitrogen and oxygen atoms in total. The minimum absolute atomic E-state index is 0.353. The summed E-state index contributed by atoms with van der Waals surface area (Å²) in [6, 6.07) is 8.48. The predicted octanol–water partition coefficient (Wildman–Crippen LogP) is 2.69. The van der Waals surface area contributed by atoms with Crippen LogP contribution in [0.4, 0.5) is 0 Å². The molecule has 1 fully saturated rings. The zero-order valence-corrected chi connectivity index (χ0v) is 13.2. The van der Waals surface area contributed by atoms with Crippen LogP contribution in [0.25, 0.3) is 0 Å². The highest BCUT2D eigenvalue weighted by Gasteiger charge is 2.23. The Bertz CT molecular complexity index is 462. The van der Waals surface area contributed by atoms with Gasteiger partial charge < -0.3 is 10.0 Å². The van der Waals surface area contributed by atoms with Crippen LogP contribution in [0.5, 0.6) is 0 Å². The summed E-state index contributed by atoms with van der Waals surface area (Å²) in [5.41, 5.74) is 1.53. The summed E-state index contributed by atoms with van der Waals surface area (Å²) in [4.78, 5) is 15.8. The van der Waals surface area contributed by atoms with E-state index >= 15 is 0 Å². The molecule has 1 aliphatic heterocycles. The van der Waals surface area contributed by atoms with E-state index in [2.05, 4.69) is 30.7 Å². The third kappa shape index (κ3) is 4.29. The molecule has 4 heteroatoms. The molecule has 0 unspecified atom stereocenters. The largest absolute Gasteiger partial charge is 0.478 e. The summed E-state index contributed by atoms with van der Waals surface area (Å²) in [6.45, 7) is 7.74. The molecular formula is C17H26N2O2. The summed E-state index contributed by atoms with van der Waals surface area (Å²) in [5, 5.41) is 8.92. The second kappa shape index (κ2) is 7.05. The number of hydrogen-bond acceptors (Lipinski definition) is 3. The highest BCUT2D eigenvalue weighted by molar-refractivity contribution is 5.87. The quantitative estimate of drug-likeness (QED) is 0.905. The third-order valence-electron chi connectivity index (χ3n) is 4.49. The third-order valence-corrected chi connectivity index (χ3v) is 4.49. The molecule has 1 N–H and O–H groups in total. The number of nitrogens with zero attached hydrogens (tertiary/aromatic N) is 2. The van der Waals surface area contributed by atoms with Gasteiger partial charge in [-0.25, -0.2) is 4.79 Å². The van der Waals surface area contributed by atoms with Crippen molar-refractivity contribution < 1.29 is 9.90 Å². The van der Waals surface area contributed by atoms with Crippen molar-refractivity contribution in [2.75, 3.05) is 20.1 Å². The monoisotopic (exact) mass is 290 g/mol. The second-order valence-electron chi connectivity index (χ2n) is 6.28. The molecule has 0 aromatic heterocycles. The molecular weight excluding hydrogens is 264 g/mol. The van der Waals surface area contributed by atoms with E-state index in [-0.39, 0.29) is 0 Å². The number of aromatic carboxylic acids is 1. The Balaban J connectivity index is 1.87. The number of rotatable bonds is 5. The molecule has 0 radical (unpaired) electrons. The highest BCUT2D eigenvalue weighted by atomic mass is 16.4. The van der Waals surface area contributed by atoms with Crippen molar-refractivity contribution in [2.24, 2.45) is 0 Å². The van der Waals surface area contributed by atoms with E-state index in [1.807, 2.05) is 12.1 Å². The zero-order valence-electron chi connectivity index (χ0n) is 13.2. The molecule has 0 spiro atoms. The lowest BCUT2D eigenvalue weighted by molar-refractivity contribution is 0.0697. The molecule has 0 saturated carbocycles. The Kier molecular flexibility index (Phi) is 5.37. The first-order valence-corrected chi connectivity index (χ1v) is 7.74. The van der Waals surface area contributed by atoms with Gasteiger partial charge in [0.2, 0.25) is 0 Å². The fourth-order valence-electron chi connectivity index (χ4n) is 3.01. The topological polar surface area (TPSA) is 43.8 Å². The number of hydrogen-bond donors (Lipinski definition) is 1. The lowest BCUT2D eigenvalue weighted by atomic mass is 10.0. The molecule has 116 valence electrons. The van der Waals surface area contributed by atoms with Gasteiger partial charge in [0.1, 0.15) is 0 Å². The summed E-state index contributed by atoms with van der Waals surface area (Å²) in [7, 11) is 2.17. The van der Waals surface area contributed by atoms with E-state index in [9.17, 15) is 4.79 Å². The molecule has 1 aliphatic rings. The fourth-order valence-corrected chi connectivity index (χ4v) is 3.01. The molecule has 1 heterocycles. The first kappa shape index (κ1) is 16.0. The molecule has 2 rings (SSSR count). The minimum Gasteiger partial charge on any atom is -0.478 e. The molecule has 21 heavy (non-hydrogen) atoms. The van der Waals surface area contributed by atoms with Gasteiger partial charge in [-0.3, -0.25) is 4.90 Å². The van der Waals surface area contributed by atoms with E-state index < -0.39 is 5.97 Å². The zero-order chi connectivity index (χ0) is 15.4. The van der Waals surface area contributed by atoms with Crippen LogP contribution in [0.1, 0.15) is 42.6 Å². The number of carbonyl (C=O) groups is 1. The molecule has 0 aliphatic carbocycles. The SMILES string of the molecule is CC(C)N1CCC(N(C)Cc2ccc(C(=O)O)cc2)CC1. The van der Waals surface area contributed by atoms with Gasteiger partial charge >= 0.3 is 5.97 Å². The van der Waals surface area contributed by atoms with Gasteiger partial charge in [-0.1, -0.05) is 12.1 Å². The van der Waals surface area contributed by atoms with Gasteiger partial charge in [-0.2, -0.15) is 0 Å². The Hall–Kier alpha value is -1.39. The normalized spacial score (nSPS) is 17.6. The number of piperidine rings is 1. The molecule has 0 atom stereocenters. The van der Waals surface area contributed by atoms with Crippen LogP contribution in [0.15, 0.2) is 24.3 Å². The highest BCUT2D eigenvalue weighted by Crippen LogP contribution is 2.19. The van der Waals surface area contributed by atoms with Gasteiger partial charge in [0, 0.05) is 18.6 Å². The van der Waals surface area contributed by atoms with E-state index in [0.29, 0.717) is 17.6 Å². The number of benzene rings is 1. The standard InChI is InChI=1S/C17H26N2O2/c1-13(2)19-10-8-16(9-11-19)18(3)12-14-4-6-15(7-5-14)17(20)21/h4-7,13,16H,8-12H2,1-3H3,(H,20,21). The van der Waals surface area contributed by atoms with E-state index in [4.69, 9.17) is 5.11 Å². The summed E-state index contributed by atoms with van der Waals surface area (Å²) >= 11 is 0. The van der Waals surface area contributed by atoms with Crippen molar-refractivity contribution in [2.45, 2.75) is 45.3 Å². The lowest BCUT2D eigenvalue weighted by Gasteiger charge is -2.38. The van der Waals surface area contributed by atoms with Crippen LogP contribution in [-0.4, -0.2) is 53.1 Å². The number of carboxylic acid groups (broad SMARTS) is 1. The van der Waals surface area contributed by atoms with E-state index in [1.165, 1.54) is 31.5 Å². The maximum atomic E-state index is 10.9. The molecule has 1 saturated heterocycles. The Labute approximate surface area is 127 Å². The first-order chi connectivity index (χ1) is 9.97. The maximum Gasteiger partial charge on any atom is 0.335 e. The van der Waals surface area contributed by atoms with Gasteiger partial charge in [0.15, 0.2) is 0 Å². The second-order valence-corrected chi connectivity index (χ2v) is 6.28. The molecule has 1 aromatic carbocycles. The van der Waals surface area contributed by atoms with Crippen LogP contribution in [0, 0.1) is 0 Å². The van der Waals surface area contributed by atoms with Gasteiger partial charge in [0.25, 0.3) is 0 Å². The fraction of sp³-hybridized carbons (Fsp3) is 0.588. The summed E-state index contributed by atoms with van der Waals surface area (Å²) in [5.74, 6) is -0.865. The first-order valence-electron chi connectivity index (χ1n) is 7.74. The van der Waals surface area contributed by atoms with Crippen molar-refractivity contribution in [3.63, 3.8) is 0 Å². The van der Waals surface area contributed by atoms with Crippen LogP contribution < -0.4 is 0 Å². The van der Waals surface area contributed by atoms with Crippen molar-refractivity contribution in [1.82, 2.24) is 9.80 Å². The average molecular weight is 290 g/mol. The molecule has 1 aromatic rings. The number of likely N-dealkylation sites (tertiary alicyclic amines) is 1. The van der Waals surface area contributed by atoms with Crippen molar-refractivity contribution in [3.05, 3.63) is 35.4 Å². The predicted molar refractivity (Wildman–Crippen MR) is 84.6 cm³/mol. The van der Waals surface area contributed by atoms with Crippen LogP contribution in [0.3, 0.4) is 0 Å². The lowest BCUT2D eigenvalue weighted by Crippen LogP contribution is -2.45. The van der Waals surface area contributed by atoms with Crippen LogP contribution in [0.2, 0.25) is 0 Å². The van der Waals surface area contributed by atoms with Crippen molar-refractivity contribution in [1.29, 1.82) is 0 Å². The van der Waals surface area contributed by atoms with E-state index in [1.54, 1.807) is 12.1 Å². The van der Waals surface area contributed by atoms with E-state index in [0.717, 1.165) is 6.54 Å². The van der Waals surface area contributed by atoms with Crippen LogP contribution >= 0.6 is 0 Å². The Morgan fingerprint density at radius 1 is 1.29 bits per heavy atom. The van der Waals surface area contributed by atoms with Crippen molar-refractivity contribution >= 4 is 5.97 Å². The average Bonchev–Trinajstić information content (AvgIpc) is 2.47. The van der Waals surface area contributed by atoms with Crippen LogP contribution in [-0.2, 0) is 6.54 Å². The maximum absolute atomic E-state index is 10.9. The summed E-state index contributed by atoms with van der Waals surface area (Å²) < 4.78 is 0. The smallest absolute Gasteiger partial charge is 0.335 e. The van der Waals surface area contributed by atoms with Gasteiger partial charge in [0.05, 0.1) is 5.56 Å². The molecule has 0 amide bonds. The Morgan fingerprint density at radius 2 is 1.86 bits per heavy atom. The Morgan fingerprint density at radius 3 is 2.33 bits per heavy atom. The van der Waals surface area contributed by atoms with Gasteiger partial charge in [-0.05, 0) is 64.5 Å².